The van der Waals surface area contributed by atoms with Crippen molar-refractivity contribution < 1.29 is 9.13 Å². The lowest BCUT2D eigenvalue weighted by Gasteiger charge is -2.13. The summed E-state index contributed by atoms with van der Waals surface area (Å²) in [5, 5.41) is 0. The molecule has 0 aliphatic rings. The minimum atomic E-state index is -0.244. The molecule has 0 bridgehead atoms. The number of benzene rings is 2. The Bertz CT molecular complexity index is 567. The Kier molecular flexibility index (Phi) is 4.58. The van der Waals surface area contributed by atoms with E-state index in [9.17, 15) is 4.39 Å². The molecule has 0 radical (unpaired) electrons. The summed E-state index contributed by atoms with van der Waals surface area (Å²) in [4.78, 5) is 2.04. The van der Waals surface area contributed by atoms with Gasteiger partial charge in [0, 0.05) is 6.54 Å². The van der Waals surface area contributed by atoms with E-state index in [2.05, 4.69) is 0 Å². The van der Waals surface area contributed by atoms with Crippen LogP contribution in [0.2, 0.25) is 0 Å². The number of rotatable bonds is 5. The molecule has 0 fully saturated rings. The molecule has 2 rings (SSSR count). The monoisotopic (exact) mass is 274 g/mol. The van der Waals surface area contributed by atoms with E-state index < -0.39 is 0 Å². The number of nitrogens with two attached hydrogens (primary N) is 1. The van der Waals surface area contributed by atoms with Gasteiger partial charge in [0.05, 0.1) is 5.69 Å². The van der Waals surface area contributed by atoms with Gasteiger partial charge in [-0.15, -0.1) is 0 Å². The molecule has 0 unspecified atom stereocenters. The molecule has 20 heavy (non-hydrogen) atoms. The molecular weight excluding hydrogens is 255 g/mol. The lowest BCUT2D eigenvalue weighted by Crippen LogP contribution is -2.19. The van der Waals surface area contributed by atoms with E-state index in [1.807, 2.05) is 37.2 Å². The Morgan fingerprint density at radius 2 is 1.70 bits per heavy atom. The van der Waals surface area contributed by atoms with Crippen LogP contribution in [-0.2, 0) is 0 Å². The molecule has 0 aromatic heterocycles. The van der Waals surface area contributed by atoms with Gasteiger partial charge < -0.3 is 15.4 Å². The van der Waals surface area contributed by atoms with Crippen molar-refractivity contribution in [3.05, 3.63) is 48.3 Å². The number of likely N-dealkylation sites (N-methyl/N-ethyl adjacent to an activating group) is 1. The summed E-state index contributed by atoms with van der Waals surface area (Å²) in [7, 11) is 3.98. The van der Waals surface area contributed by atoms with Crippen LogP contribution in [0.15, 0.2) is 42.5 Å². The van der Waals surface area contributed by atoms with Crippen molar-refractivity contribution in [2.45, 2.75) is 0 Å². The molecule has 0 heterocycles. The first kappa shape index (κ1) is 14.3. The standard InChI is InChI=1S/C16H19FN2O/c1-19(2)9-10-20-16-11-13(5-8-15(16)18)12-3-6-14(17)7-4-12/h3-8,11H,9-10,18H2,1-2H3. The van der Waals surface area contributed by atoms with Crippen molar-refractivity contribution in [3.63, 3.8) is 0 Å². The van der Waals surface area contributed by atoms with Gasteiger partial charge in [-0.25, -0.2) is 4.39 Å². The van der Waals surface area contributed by atoms with E-state index in [1.54, 1.807) is 12.1 Å². The van der Waals surface area contributed by atoms with E-state index in [4.69, 9.17) is 10.5 Å². The average Bonchev–Trinajstić information content (AvgIpc) is 2.41. The molecule has 2 aromatic rings. The summed E-state index contributed by atoms with van der Waals surface area (Å²) in [5.41, 5.74) is 8.41. The van der Waals surface area contributed by atoms with Crippen LogP contribution in [0.25, 0.3) is 11.1 Å². The Hall–Kier alpha value is -2.07. The van der Waals surface area contributed by atoms with E-state index >= 15 is 0 Å². The van der Waals surface area contributed by atoms with Crippen LogP contribution in [-0.4, -0.2) is 32.1 Å². The number of nitrogen functional groups attached to an aromatic ring is 1. The van der Waals surface area contributed by atoms with Gasteiger partial charge in [0.25, 0.3) is 0 Å². The molecule has 0 aliphatic carbocycles. The van der Waals surface area contributed by atoms with Crippen molar-refractivity contribution in [1.82, 2.24) is 4.90 Å². The average molecular weight is 274 g/mol. The Labute approximate surface area is 118 Å². The highest BCUT2D eigenvalue weighted by Crippen LogP contribution is 2.29. The second kappa shape index (κ2) is 6.39. The van der Waals surface area contributed by atoms with Crippen molar-refractivity contribution in [2.75, 3.05) is 33.0 Å². The van der Waals surface area contributed by atoms with Gasteiger partial charge in [-0.3, -0.25) is 0 Å². The number of hydrogen-bond donors (Lipinski definition) is 1. The van der Waals surface area contributed by atoms with Crippen molar-refractivity contribution in [2.24, 2.45) is 0 Å². The molecule has 4 heteroatoms. The van der Waals surface area contributed by atoms with Gasteiger partial charge in [-0.2, -0.15) is 0 Å². The quantitative estimate of drug-likeness (QED) is 0.852. The maximum atomic E-state index is 12.9. The second-order valence-corrected chi connectivity index (χ2v) is 4.91. The second-order valence-electron chi connectivity index (χ2n) is 4.91. The van der Waals surface area contributed by atoms with Crippen LogP contribution in [0.3, 0.4) is 0 Å². The largest absolute Gasteiger partial charge is 0.490 e. The number of hydrogen-bond acceptors (Lipinski definition) is 3. The summed E-state index contributed by atoms with van der Waals surface area (Å²) < 4.78 is 18.6. The first-order chi connectivity index (χ1) is 9.56. The molecule has 0 aliphatic heterocycles. The van der Waals surface area contributed by atoms with E-state index in [0.717, 1.165) is 17.7 Å². The van der Waals surface area contributed by atoms with Gasteiger partial charge in [-0.05, 0) is 49.5 Å². The van der Waals surface area contributed by atoms with E-state index in [0.29, 0.717) is 18.0 Å². The number of anilines is 1. The Morgan fingerprint density at radius 3 is 2.35 bits per heavy atom. The highest BCUT2D eigenvalue weighted by atomic mass is 19.1. The fraction of sp³-hybridized carbons (Fsp3) is 0.250. The smallest absolute Gasteiger partial charge is 0.142 e. The summed E-state index contributed by atoms with van der Waals surface area (Å²) in [5.74, 6) is 0.417. The van der Waals surface area contributed by atoms with Crippen LogP contribution in [0.4, 0.5) is 10.1 Å². The highest BCUT2D eigenvalue weighted by Gasteiger charge is 2.05. The van der Waals surface area contributed by atoms with Crippen LogP contribution >= 0.6 is 0 Å². The van der Waals surface area contributed by atoms with Crippen LogP contribution in [0, 0.1) is 5.82 Å². The molecule has 0 amide bonds. The fourth-order valence-electron chi connectivity index (χ4n) is 1.82. The first-order valence-electron chi connectivity index (χ1n) is 6.49. The van der Waals surface area contributed by atoms with Crippen molar-refractivity contribution in [3.8, 4) is 16.9 Å². The van der Waals surface area contributed by atoms with Gasteiger partial charge >= 0.3 is 0 Å². The predicted molar refractivity (Wildman–Crippen MR) is 80.3 cm³/mol. The van der Waals surface area contributed by atoms with Crippen LogP contribution in [0.1, 0.15) is 0 Å². The normalized spacial score (nSPS) is 10.8. The lowest BCUT2D eigenvalue weighted by atomic mass is 10.0. The minimum absolute atomic E-state index is 0.244. The number of nitrogens with zero attached hydrogens (tertiary/aromatic N) is 1. The molecule has 3 nitrogen and oxygen atoms in total. The van der Waals surface area contributed by atoms with Crippen LogP contribution < -0.4 is 10.5 Å². The zero-order valence-electron chi connectivity index (χ0n) is 11.8. The van der Waals surface area contributed by atoms with E-state index in [1.165, 1.54) is 12.1 Å². The van der Waals surface area contributed by atoms with Gasteiger partial charge in [-0.1, -0.05) is 18.2 Å². The maximum Gasteiger partial charge on any atom is 0.142 e. The first-order valence-corrected chi connectivity index (χ1v) is 6.49. The van der Waals surface area contributed by atoms with Crippen LogP contribution in [0.5, 0.6) is 5.75 Å². The SMILES string of the molecule is CN(C)CCOc1cc(-c2ccc(F)cc2)ccc1N. The lowest BCUT2D eigenvalue weighted by molar-refractivity contribution is 0.262. The third-order valence-corrected chi connectivity index (χ3v) is 2.99. The number of halogens is 1. The van der Waals surface area contributed by atoms with Gasteiger partial charge in [0.1, 0.15) is 18.2 Å². The predicted octanol–water partition coefficient (Wildman–Crippen LogP) is 3.02. The number of ether oxygens (including phenoxy) is 1. The summed E-state index contributed by atoms with van der Waals surface area (Å²) in [6, 6.07) is 12.0. The molecule has 2 N–H and O–H groups in total. The molecule has 2 aromatic carbocycles. The van der Waals surface area contributed by atoms with Crippen molar-refractivity contribution >= 4 is 5.69 Å². The van der Waals surface area contributed by atoms with Gasteiger partial charge in [0.2, 0.25) is 0 Å². The summed E-state index contributed by atoms with van der Waals surface area (Å²) in [6.07, 6.45) is 0. The maximum absolute atomic E-state index is 12.9. The fourth-order valence-corrected chi connectivity index (χ4v) is 1.82. The minimum Gasteiger partial charge on any atom is -0.490 e. The molecule has 0 saturated heterocycles. The third-order valence-electron chi connectivity index (χ3n) is 2.99. The Morgan fingerprint density at radius 1 is 1.05 bits per heavy atom. The molecular formula is C16H19FN2O. The molecule has 0 spiro atoms. The zero-order chi connectivity index (χ0) is 14.5. The zero-order valence-corrected chi connectivity index (χ0v) is 11.8. The van der Waals surface area contributed by atoms with Gasteiger partial charge in [0.15, 0.2) is 0 Å². The third kappa shape index (κ3) is 3.71. The summed E-state index contributed by atoms with van der Waals surface area (Å²) >= 11 is 0. The summed E-state index contributed by atoms with van der Waals surface area (Å²) in [6.45, 7) is 1.39. The molecule has 106 valence electrons. The van der Waals surface area contributed by atoms with Crippen molar-refractivity contribution in [1.29, 1.82) is 0 Å². The molecule has 0 atom stereocenters. The Balaban J connectivity index is 2.17. The topological polar surface area (TPSA) is 38.5 Å². The van der Waals surface area contributed by atoms with E-state index in [-0.39, 0.29) is 5.82 Å². The highest BCUT2D eigenvalue weighted by molar-refractivity contribution is 5.69. The molecule has 0 saturated carbocycles.